The summed E-state index contributed by atoms with van der Waals surface area (Å²) in [6, 6.07) is 19.5. The van der Waals surface area contributed by atoms with Gasteiger partial charge in [-0.1, -0.05) is 18.2 Å². The molecular weight excluding hydrogens is 324 g/mol. The van der Waals surface area contributed by atoms with E-state index in [1.807, 2.05) is 66.9 Å². The van der Waals surface area contributed by atoms with Crippen LogP contribution in [0.4, 0.5) is 17.5 Å². The Balaban J connectivity index is 1.42. The molecule has 0 spiro atoms. The molecule has 0 saturated carbocycles. The van der Waals surface area contributed by atoms with Crippen molar-refractivity contribution in [2.24, 2.45) is 0 Å². The zero-order chi connectivity index (χ0) is 17.6. The summed E-state index contributed by atoms with van der Waals surface area (Å²) in [5, 5.41) is 3.34. The van der Waals surface area contributed by atoms with Crippen molar-refractivity contribution in [1.82, 2.24) is 9.97 Å². The summed E-state index contributed by atoms with van der Waals surface area (Å²) in [6.07, 6.45) is 5.53. The van der Waals surface area contributed by atoms with Gasteiger partial charge in [0.25, 0.3) is 0 Å². The molecule has 1 aromatic heterocycles. The van der Waals surface area contributed by atoms with E-state index in [4.69, 9.17) is 4.74 Å². The van der Waals surface area contributed by atoms with Crippen LogP contribution >= 0.6 is 0 Å². The minimum atomic E-state index is 0.803. The second-order valence-electron chi connectivity index (χ2n) is 6.35. The first-order valence-electron chi connectivity index (χ1n) is 9.05. The van der Waals surface area contributed by atoms with Crippen molar-refractivity contribution in [1.29, 1.82) is 0 Å². The van der Waals surface area contributed by atoms with Crippen molar-refractivity contribution in [2.75, 3.05) is 23.3 Å². The number of piperidine rings is 1. The maximum atomic E-state index is 5.82. The molecule has 26 heavy (non-hydrogen) atoms. The molecular formula is C21H22N4O. The predicted octanol–water partition coefficient (Wildman–Crippen LogP) is 5.00. The van der Waals surface area contributed by atoms with Crippen molar-refractivity contribution in [2.45, 2.75) is 19.3 Å². The normalized spacial score (nSPS) is 14.1. The fourth-order valence-corrected chi connectivity index (χ4v) is 3.04. The van der Waals surface area contributed by atoms with Gasteiger partial charge in [-0.3, -0.25) is 0 Å². The van der Waals surface area contributed by atoms with Gasteiger partial charge in [-0.15, -0.1) is 0 Å². The number of rotatable bonds is 5. The van der Waals surface area contributed by atoms with Crippen molar-refractivity contribution in [3.05, 3.63) is 66.9 Å². The molecule has 5 heteroatoms. The lowest BCUT2D eigenvalue weighted by Gasteiger charge is -2.26. The number of ether oxygens (including phenoxy) is 1. The number of hydrogen-bond donors (Lipinski definition) is 1. The van der Waals surface area contributed by atoms with Gasteiger partial charge in [0.05, 0.1) is 0 Å². The first-order valence-corrected chi connectivity index (χ1v) is 9.05. The molecule has 132 valence electrons. The zero-order valence-corrected chi connectivity index (χ0v) is 14.6. The van der Waals surface area contributed by atoms with E-state index in [2.05, 4.69) is 20.2 Å². The monoisotopic (exact) mass is 346 g/mol. The third-order valence-electron chi connectivity index (χ3n) is 4.39. The summed E-state index contributed by atoms with van der Waals surface area (Å²) in [7, 11) is 0. The molecule has 0 atom stereocenters. The predicted molar refractivity (Wildman–Crippen MR) is 104 cm³/mol. The topological polar surface area (TPSA) is 50.3 Å². The van der Waals surface area contributed by atoms with Gasteiger partial charge < -0.3 is 15.0 Å². The van der Waals surface area contributed by atoms with Crippen LogP contribution in [-0.2, 0) is 0 Å². The van der Waals surface area contributed by atoms with E-state index in [1.54, 1.807) is 0 Å². The van der Waals surface area contributed by atoms with Gasteiger partial charge in [-0.25, -0.2) is 4.98 Å². The van der Waals surface area contributed by atoms with Crippen LogP contribution in [0.2, 0.25) is 0 Å². The van der Waals surface area contributed by atoms with Gasteiger partial charge in [-0.05, 0) is 61.7 Å². The Kier molecular flexibility index (Phi) is 4.96. The highest BCUT2D eigenvalue weighted by atomic mass is 16.5. The lowest BCUT2D eigenvalue weighted by molar-refractivity contribution is 0.483. The van der Waals surface area contributed by atoms with Crippen LogP contribution in [0.3, 0.4) is 0 Å². The van der Waals surface area contributed by atoms with E-state index in [9.17, 15) is 0 Å². The quantitative estimate of drug-likeness (QED) is 0.704. The van der Waals surface area contributed by atoms with E-state index in [-0.39, 0.29) is 0 Å². The van der Waals surface area contributed by atoms with E-state index < -0.39 is 0 Å². The largest absolute Gasteiger partial charge is 0.457 e. The fourth-order valence-electron chi connectivity index (χ4n) is 3.04. The molecule has 1 aliphatic rings. The maximum absolute atomic E-state index is 5.82. The molecule has 1 fully saturated rings. The molecule has 1 saturated heterocycles. The van der Waals surface area contributed by atoms with Crippen LogP contribution in [0, 0.1) is 0 Å². The third-order valence-corrected chi connectivity index (χ3v) is 4.39. The Morgan fingerprint density at radius 3 is 2.31 bits per heavy atom. The van der Waals surface area contributed by atoms with Crippen LogP contribution in [0.25, 0.3) is 0 Å². The van der Waals surface area contributed by atoms with Gasteiger partial charge in [-0.2, -0.15) is 4.98 Å². The van der Waals surface area contributed by atoms with E-state index >= 15 is 0 Å². The highest BCUT2D eigenvalue weighted by molar-refractivity contribution is 5.58. The summed E-state index contributed by atoms with van der Waals surface area (Å²) < 4.78 is 5.82. The number of benzene rings is 2. The van der Waals surface area contributed by atoms with E-state index in [1.165, 1.54) is 19.3 Å². The number of nitrogens with one attached hydrogen (secondary N) is 1. The molecule has 4 rings (SSSR count). The van der Waals surface area contributed by atoms with Crippen LogP contribution in [0.15, 0.2) is 66.9 Å². The Morgan fingerprint density at radius 1 is 0.808 bits per heavy atom. The molecule has 5 nitrogen and oxygen atoms in total. The first-order chi connectivity index (χ1) is 12.9. The molecule has 2 heterocycles. The average molecular weight is 346 g/mol. The Labute approximate surface area is 153 Å². The molecule has 1 aliphatic heterocycles. The summed E-state index contributed by atoms with van der Waals surface area (Å²) in [5.74, 6) is 3.24. The number of anilines is 3. The molecule has 0 radical (unpaired) electrons. The Hall–Kier alpha value is -3.08. The minimum absolute atomic E-state index is 0.803. The summed E-state index contributed by atoms with van der Waals surface area (Å²) >= 11 is 0. The van der Waals surface area contributed by atoms with Crippen molar-refractivity contribution >= 4 is 17.5 Å². The van der Waals surface area contributed by atoms with Crippen LogP contribution in [-0.4, -0.2) is 23.1 Å². The smallest absolute Gasteiger partial charge is 0.227 e. The highest BCUT2D eigenvalue weighted by Crippen LogP contribution is 2.24. The minimum Gasteiger partial charge on any atom is -0.457 e. The van der Waals surface area contributed by atoms with Crippen molar-refractivity contribution in [3.8, 4) is 11.5 Å². The second-order valence-corrected chi connectivity index (χ2v) is 6.35. The SMILES string of the molecule is c1ccc(Oc2ccc(Nc3ccnc(N4CCCCC4)n3)cc2)cc1. The van der Waals surface area contributed by atoms with Gasteiger partial charge in [0.15, 0.2) is 0 Å². The molecule has 0 amide bonds. The summed E-state index contributed by atoms with van der Waals surface area (Å²) in [4.78, 5) is 11.3. The van der Waals surface area contributed by atoms with Gasteiger partial charge in [0, 0.05) is 25.0 Å². The number of hydrogen-bond acceptors (Lipinski definition) is 5. The zero-order valence-electron chi connectivity index (χ0n) is 14.6. The van der Waals surface area contributed by atoms with E-state index in [0.29, 0.717) is 0 Å². The van der Waals surface area contributed by atoms with Crippen LogP contribution < -0.4 is 15.0 Å². The van der Waals surface area contributed by atoms with Crippen molar-refractivity contribution < 1.29 is 4.74 Å². The second kappa shape index (κ2) is 7.87. The Bertz CT molecular complexity index is 830. The lowest BCUT2D eigenvalue weighted by atomic mass is 10.1. The number of aromatic nitrogens is 2. The standard InChI is InChI=1S/C21H22N4O/c1-3-7-18(8-4-1)26-19-11-9-17(10-12-19)23-20-13-14-22-21(24-20)25-15-5-2-6-16-25/h1,3-4,7-14H,2,5-6,15-16H2,(H,22,23,24). The molecule has 2 aromatic carbocycles. The van der Waals surface area contributed by atoms with Gasteiger partial charge in [0.1, 0.15) is 17.3 Å². The average Bonchev–Trinajstić information content (AvgIpc) is 2.71. The highest BCUT2D eigenvalue weighted by Gasteiger charge is 2.13. The molecule has 0 aliphatic carbocycles. The maximum Gasteiger partial charge on any atom is 0.227 e. The summed E-state index contributed by atoms with van der Waals surface area (Å²) in [6.45, 7) is 2.07. The third kappa shape index (κ3) is 4.11. The number of para-hydroxylation sites is 1. The Morgan fingerprint density at radius 2 is 1.54 bits per heavy atom. The van der Waals surface area contributed by atoms with Gasteiger partial charge in [0.2, 0.25) is 5.95 Å². The molecule has 3 aromatic rings. The fraction of sp³-hybridized carbons (Fsp3) is 0.238. The van der Waals surface area contributed by atoms with Gasteiger partial charge >= 0.3 is 0 Å². The lowest BCUT2D eigenvalue weighted by Crippen LogP contribution is -2.31. The summed E-state index contributed by atoms with van der Waals surface area (Å²) in [5.41, 5.74) is 0.966. The molecule has 0 bridgehead atoms. The van der Waals surface area contributed by atoms with E-state index in [0.717, 1.165) is 42.0 Å². The van der Waals surface area contributed by atoms with Crippen LogP contribution in [0.5, 0.6) is 11.5 Å². The molecule has 1 N–H and O–H groups in total. The first kappa shape index (κ1) is 16.4. The van der Waals surface area contributed by atoms with Crippen molar-refractivity contribution in [3.63, 3.8) is 0 Å². The number of nitrogens with zero attached hydrogens (tertiary/aromatic N) is 3. The molecule has 0 unspecified atom stereocenters. The van der Waals surface area contributed by atoms with Crippen LogP contribution in [0.1, 0.15) is 19.3 Å².